The number of ether oxygens (including phenoxy) is 1. The summed E-state index contributed by atoms with van der Waals surface area (Å²) in [5.41, 5.74) is 7.57. The normalized spacial score (nSPS) is 14.2. The first-order chi connectivity index (χ1) is 8.72. The van der Waals surface area contributed by atoms with Gasteiger partial charge in [-0.1, -0.05) is 6.07 Å². The van der Waals surface area contributed by atoms with Gasteiger partial charge in [0.1, 0.15) is 12.4 Å². The monoisotopic (exact) mass is 286 g/mol. The highest BCUT2D eigenvalue weighted by Gasteiger charge is 2.15. The lowest BCUT2D eigenvalue weighted by atomic mass is 10.0. The molecule has 0 aliphatic carbocycles. The van der Waals surface area contributed by atoms with E-state index in [1.807, 2.05) is 12.1 Å². The van der Waals surface area contributed by atoms with Crippen molar-refractivity contribution in [2.24, 2.45) is 5.73 Å². The summed E-state index contributed by atoms with van der Waals surface area (Å²) in [5, 5.41) is 2.78. The molecular weight excluding hydrogens is 271 g/mol. The van der Waals surface area contributed by atoms with Gasteiger partial charge in [0.05, 0.1) is 6.33 Å². The molecule has 1 aromatic rings. The molecule has 19 heavy (non-hydrogen) atoms. The van der Waals surface area contributed by atoms with Crippen LogP contribution in [0, 0.1) is 0 Å². The van der Waals surface area contributed by atoms with Crippen molar-refractivity contribution >= 4 is 24.0 Å². The Balaban J connectivity index is 0.00000180. The number of hydrogen-bond donors (Lipinski definition) is 2. The molecule has 1 aromatic carbocycles. The fourth-order valence-electron chi connectivity index (χ4n) is 1.75. The number of nitrogens with two attached hydrogens (primary N) is 1. The molecule has 0 fully saturated rings. The standard InChI is InChI=1S/C13H15FN2O2.ClH/c14-6-9(7-15)8-18-11-3-1-10-2-4-13(17)16-12(10)5-11;/h1,3,5-6H,2,4,7-8,15H2,(H,16,17);1H/b9-6+;. The minimum atomic E-state index is 0. The SMILES string of the molecule is Cl.NC/C(=C\F)COc1ccc2c(c1)NC(=O)CC2. The van der Waals surface area contributed by atoms with E-state index < -0.39 is 0 Å². The molecule has 0 bridgehead atoms. The van der Waals surface area contributed by atoms with Crippen molar-refractivity contribution < 1.29 is 13.9 Å². The maximum Gasteiger partial charge on any atom is 0.224 e. The van der Waals surface area contributed by atoms with Gasteiger partial charge in [-0.25, -0.2) is 4.39 Å². The number of fused-ring (bicyclic) bond motifs is 1. The molecule has 0 saturated carbocycles. The van der Waals surface area contributed by atoms with Crippen molar-refractivity contribution in [1.29, 1.82) is 0 Å². The number of carbonyl (C=O) groups is 1. The summed E-state index contributed by atoms with van der Waals surface area (Å²) in [4.78, 5) is 11.3. The van der Waals surface area contributed by atoms with Gasteiger partial charge in [-0.15, -0.1) is 12.4 Å². The van der Waals surface area contributed by atoms with E-state index in [0.717, 1.165) is 17.7 Å². The van der Waals surface area contributed by atoms with Gasteiger partial charge in [0.2, 0.25) is 5.91 Å². The molecule has 104 valence electrons. The number of hydrogen-bond acceptors (Lipinski definition) is 3. The van der Waals surface area contributed by atoms with Crippen LogP contribution in [0.4, 0.5) is 10.1 Å². The molecule has 0 saturated heterocycles. The largest absolute Gasteiger partial charge is 0.489 e. The molecule has 1 heterocycles. The van der Waals surface area contributed by atoms with Crippen LogP contribution in [0.3, 0.4) is 0 Å². The van der Waals surface area contributed by atoms with E-state index in [1.54, 1.807) is 6.07 Å². The summed E-state index contributed by atoms with van der Waals surface area (Å²) in [7, 11) is 0. The smallest absolute Gasteiger partial charge is 0.224 e. The quantitative estimate of drug-likeness (QED) is 0.892. The van der Waals surface area contributed by atoms with Crippen molar-refractivity contribution in [3.8, 4) is 5.75 Å². The first-order valence-corrected chi connectivity index (χ1v) is 5.76. The highest BCUT2D eigenvalue weighted by molar-refractivity contribution is 5.94. The van der Waals surface area contributed by atoms with Crippen molar-refractivity contribution in [2.75, 3.05) is 18.5 Å². The summed E-state index contributed by atoms with van der Waals surface area (Å²) in [6, 6.07) is 5.47. The fourth-order valence-corrected chi connectivity index (χ4v) is 1.75. The number of carbonyl (C=O) groups excluding carboxylic acids is 1. The average Bonchev–Trinajstić information content (AvgIpc) is 2.39. The number of aryl methyl sites for hydroxylation is 1. The zero-order valence-electron chi connectivity index (χ0n) is 10.3. The summed E-state index contributed by atoms with van der Waals surface area (Å²) < 4.78 is 17.7. The molecule has 2 rings (SSSR count). The predicted molar refractivity (Wildman–Crippen MR) is 74.4 cm³/mol. The maximum atomic E-state index is 12.3. The molecule has 0 aromatic heterocycles. The van der Waals surface area contributed by atoms with E-state index in [1.165, 1.54) is 0 Å². The van der Waals surface area contributed by atoms with Gasteiger partial charge in [-0.05, 0) is 18.1 Å². The van der Waals surface area contributed by atoms with Crippen LogP contribution in [0.5, 0.6) is 5.75 Å². The van der Waals surface area contributed by atoms with Crippen LogP contribution in [0.15, 0.2) is 30.1 Å². The van der Waals surface area contributed by atoms with E-state index in [4.69, 9.17) is 10.5 Å². The fraction of sp³-hybridized carbons (Fsp3) is 0.308. The Kier molecular flexibility index (Phi) is 5.79. The second kappa shape index (κ2) is 7.11. The Morgan fingerprint density at radius 2 is 2.26 bits per heavy atom. The molecule has 0 atom stereocenters. The lowest BCUT2D eigenvalue weighted by molar-refractivity contribution is -0.116. The third-order valence-corrected chi connectivity index (χ3v) is 2.82. The number of anilines is 1. The van der Waals surface area contributed by atoms with Gasteiger partial charge in [0, 0.05) is 30.3 Å². The number of rotatable bonds is 4. The van der Waals surface area contributed by atoms with Gasteiger partial charge in [-0.2, -0.15) is 0 Å². The van der Waals surface area contributed by atoms with Crippen molar-refractivity contribution in [2.45, 2.75) is 12.8 Å². The summed E-state index contributed by atoms with van der Waals surface area (Å²) >= 11 is 0. The minimum absolute atomic E-state index is 0. The molecular formula is C13H16ClFN2O2. The summed E-state index contributed by atoms with van der Waals surface area (Å²) in [6.45, 7) is 0.234. The molecule has 1 amide bonds. The minimum Gasteiger partial charge on any atom is -0.489 e. The van der Waals surface area contributed by atoms with E-state index >= 15 is 0 Å². The zero-order valence-corrected chi connectivity index (χ0v) is 11.1. The molecule has 4 nitrogen and oxygen atoms in total. The number of halogens is 2. The second-order valence-corrected chi connectivity index (χ2v) is 4.13. The van der Waals surface area contributed by atoms with Gasteiger partial charge in [0.15, 0.2) is 0 Å². The van der Waals surface area contributed by atoms with E-state index in [9.17, 15) is 9.18 Å². The third kappa shape index (κ3) is 3.94. The van der Waals surface area contributed by atoms with Crippen LogP contribution in [-0.2, 0) is 11.2 Å². The Morgan fingerprint density at radius 3 is 2.95 bits per heavy atom. The van der Waals surface area contributed by atoms with Crippen molar-refractivity contribution in [1.82, 2.24) is 0 Å². The highest BCUT2D eigenvalue weighted by Crippen LogP contribution is 2.27. The summed E-state index contributed by atoms with van der Waals surface area (Å²) in [6.07, 6.45) is 1.70. The highest BCUT2D eigenvalue weighted by atomic mass is 35.5. The Morgan fingerprint density at radius 1 is 1.47 bits per heavy atom. The Hall–Kier alpha value is -1.59. The van der Waals surface area contributed by atoms with Gasteiger partial charge in [-0.3, -0.25) is 4.79 Å². The number of benzene rings is 1. The predicted octanol–water partition coefficient (Wildman–Crippen LogP) is 2.18. The van der Waals surface area contributed by atoms with Gasteiger partial charge >= 0.3 is 0 Å². The first-order valence-electron chi connectivity index (χ1n) is 5.76. The topological polar surface area (TPSA) is 64.3 Å². The lowest BCUT2D eigenvalue weighted by Gasteiger charge is -2.17. The van der Waals surface area contributed by atoms with Gasteiger partial charge < -0.3 is 15.8 Å². The molecule has 0 unspecified atom stereocenters. The van der Waals surface area contributed by atoms with Crippen LogP contribution < -0.4 is 15.8 Å². The summed E-state index contributed by atoms with van der Waals surface area (Å²) in [5.74, 6) is 0.592. The van der Waals surface area contributed by atoms with Gasteiger partial charge in [0.25, 0.3) is 0 Å². The zero-order chi connectivity index (χ0) is 13.0. The van der Waals surface area contributed by atoms with Crippen LogP contribution in [0.25, 0.3) is 0 Å². The molecule has 1 aliphatic heterocycles. The molecule has 0 spiro atoms. The van der Waals surface area contributed by atoms with Crippen LogP contribution >= 0.6 is 12.4 Å². The molecule has 1 aliphatic rings. The van der Waals surface area contributed by atoms with Crippen molar-refractivity contribution in [3.05, 3.63) is 35.7 Å². The number of amides is 1. The van der Waals surface area contributed by atoms with E-state index in [0.29, 0.717) is 24.1 Å². The molecule has 6 heteroatoms. The van der Waals surface area contributed by atoms with Crippen LogP contribution in [0.2, 0.25) is 0 Å². The third-order valence-electron chi connectivity index (χ3n) is 2.82. The molecule has 0 radical (unpaired) electrons. The number of nitrogens with one attached hydrogen (secondary N) is 1. The first kappa shape index (κ1) is 15.5. The maximum absolute atomic E-state index is 12.3. The van der Waals surface area contributed by atoms with E-state index in [2.05, 4.69) is 5.32 Å². The van der Waals surface area contributed by atoms with E-state index in [-0.39, 0.29) is 31.5 Å². The Labute approximate surface area is 117 Å². The second-order valence-electron chi connectivity index (χ2n) is 4.13. The molecule has 3 N–H and O–H groups in total. The van der Waals surface area contributed by atoms with Crippen LogP contribution in [0.1, 0.15) is 12.0 Å². The average molecular weight is 287 g/mol. The van der Waals surface area contributed by atoms with Crippen LogP contribution in [-0.4, -0.2) is 19.1 Å². The Bertz CT molecular complexity index is 492. The lowest BCUT2D eigenvalue weighted by Crippen LogP contribution is -2.19. The van der Waals surface area contributed by atoms with Crippen molar-refractivity contribution in [3.63, 3.8) is 0 Å².